The Morgan fingerprint density at radius 2 is 1.89 bits per heavy atom. The normalized spacial score (nSPS) is 12.8. The third-order valence-electron chi connectivity index (χ3n) is 4.16. The van der Waals surface area contributed by atoms with Crippen molar-refractivity contribution in [1.82, 2.24) is 9.62 Å². The summed E-state index contributed by atoms with van der Waals surface area (Å²) in [6.07, 6.45) is 1.50. The molecule has 2 aromatic rings. The molecule has 1 atom stereocenters. The maximum atomic E-state index is 12.5. The van der Waals surface area contributed by atoms with E-state index in [0.717, 1.165) is 0 Å². The molecule has 8 nitrogen and oxygen atoms in total. The van der Waals surface area contributed by atoms with Gasteiger partial charge in [0.05, 0.1) is 22.8 Å². The largest absolute Gasteiger partial charge is 0.467 e. The number of furan rings is 1. The number of hydrogen-bond acceptors (Lipinski definition) is 6. The van der Waals surface area contributed by atoms with Crippen LogP contribution in [0.1, 0.15) is 42.9 Å². The molecule has 0 aliphatic carbocycles. The number of nitrogens with zero attached hydrogens (tertiary/aromatic N) is 1. The highest BCUT2D eigenvalue weighted by Crippen LogP contribution is 2.18. The highest BCUT2D eigenvalue weighted by atomic mass is 32.2. The Bertz CT molecular complexity index is 922. The maximum Gasteiger partial charge on any atom is 0.338 e. The summed E-state index contributed by atoms with van der Waals surface area (Å²) in [5.41, 5.74) is 0.0464. The second-order valence-electron chi connectivity index (χ2n) is 6.52. The average Bonchev–Trinajstić information content (AvgIpc) is 3.20. The zero-order chi connectivity index (χ0) is 20.9. The number of nitrogens with one attached hydrogen (secondary N) is 1. The first-order valence-corrected chi connectivity index (χ1v) is 10.1. The van der Waals surface area contributed by atoms with Crippen LogP contribution in [0.25, 0.3) is 0 Å². The highest BCUT2D eigenvalue weighted by molar-refractivity contribution is 7.89. The van der Waals surface area contributed by atoms with Gasteiger partial charge < -0.3 is 14.5 Å². The Morgan fingerprint density at radius 1 is 1.18 bits per heavy atom. The van der Waals surface area contributed by atoms with E-state index in [1.165, 1.54) is 41.9 Å². The first kappa shape index (κ1) is 21.6. The fourth-order valence-corrected chi connectivity index (χ4v) is 3.75. The minimum atomic E-state index is -3.73. The van der Waals surface area contributed by atoms with Gasteiger partial charge in [-0.15, -0.1) is 0 Å². The molecule has 0 saturated carbocycles. The molecule has 0 aliphatic rings. The molecule has 152 valence electrons. The molecule has 0 fully saturated rings. The zero-order valence-electron chi connectivity index (χ0n) is 16.2. The molecule has 1 amide bonds. The van der Waals surface area contributed by atoms with Crippen LogP contribution in [0.3, 0.4) is 0 Å². The molecule has 0 spiro atoms. The topological polar surface area (TPSA) is 106 Å². The van der Waals surface area contributed by atoms with Crippen molar-refractivity contribution >= 4 is 21.9 Å². The van der Waals surface area contributed by atoms with Crippen LogP contribution in [-0.2, 0) is 19.6 Å². The molecule has 9 heteroatoms. The van der Waals surface area contributed by atoms with Gasteiger partial charge in [0, 0.05) is 13.1 Å². The number of amides is 1. The van der Waals surface area contributed by atoms with Crippen LogP contribution in [0.2, 0.25) is 0 Å². The molecule has 1 heterocycles. The van der Waals surface area contributed by atoms with E-state index >= 15 is 0 Å². The van der Waals surface area contributed by atoms with Crippen LogP contribution in [0, 0.1) is 0 Å². The van der Waals surface area contributed by atoms with Gasteiger partial charge in [-0.25, -0.2) is 13.2 Å². The molecule has 0 unspecified atom stereocenters. The van der Waals surface area contributed by atoms with Crippen molar-refractivity contribution in [2.75, 3.05) is 13.7 Å². The molecular formula is C19H24N2O6S. The minimum absolute atomic E-state index is 0.0194. The molecule has 1 aromatic heterocycles. The molecule has 0 radical (unpaired) electrons. The number of carbonyl (C=O) groups excluding carboxylic acids is 2. The Labute approximate surface area is 164 Å². The van der Waals surface area contributed by atoms with Crippen LogP contribution < -0.4 is 5.32 Å². The molecule has 1 N–H and O–H groups in total. The van der Waals surface area contributed by atoms with E-state index in [2.05, 4.69) is 5.32 Å². The first-order chi connectivity index (χ1) is 13.1. The number of esters is 1. The van der Waals surface area contributed by atoms with Gasteiger partial charge in [-0.05, 0) is 51.1 Å². The van der Waals surface area contributed by atoms with Gasteiger partial charge in [0.15, 0.2) is 6.61 Å². The highest BCUT2D eigenvalue weighted by Gasteiger charge is 2.24. The number of hydrogen-bond donors (Lipinski definition) is 1. The Kier molecular flexibility index (Phi) is 6.98. The Balaban J connectivity index is 2.00. The third kappa shape index (κ3) is 5.20. The van der Waals surface area contributed by atoms with Crippen LogP contribution in [-0.4, -0.2) is 44.3 Å². The Hall–Kier alpha value is -2.65. The van der Waals surface area contributed by atoms with Crippen LogP contribution in [0.15, 0.2) is 52.0 Å². The van der Waals surface area contributed by atoms with Crippen molar-refractivity contribution < 1.29 is 27.2 Å². The van der Waals surface area contributed by atoms with Crippen molar-refractivity contribution in [3.63, 3.8) is 0 Å². The number of sulfonamides is 1. The van der Waals surface area contributed by atoms with Crippen LogP contribution in [0.5, 0.6) is 0 Å². The monoisotopic (exact) mass is 408 g/mol. The van der Waals surface area contributed by atoms with E-state index in [4.69, 9.17) is 9.15 Å². The quantitative estimate of drug-likeness (QED) is 0.672. The molecule has 0 saturated heterocycles. The maximum absolute atomic E-state index is 12.5. The minimum Gasteiger partial charge on any atom is -0.467 e. The van der Waals surface area contributed by atoms with Crippen molar-refractivity contribution in [2.24, 2.45) is 0 Å². The number of rotatable bonds is 8. The summed E-state index contributed by atoms with van der Waals surface area (Å²) in [5.74, 6) is -0.711. The Morgan fingerprint density at radius 3 is 2.50 bits per heavy atom. The number of benzene rings is 1. The molecule has 2 rings (SSSR count). The van der Waals surface area contributed by atoms with Crippen molar-refractivity contribution in [1.29, 1.82) is 0 Å². The lowest BCUT2D eigenvalue weighted by Gasteiger charge is -2.21. The van der Waals surface area contributed by atoms with Gasteiger partial charge >= 0.3 is 5.97 Å². The third-order valence-corrected chi connectivity index (χ3v) is 6.19. The van der Waals surface area contributed by atoms with Crippen LogP contribution >= 0.6 is 0 Å². The van der Waals surface area contributed by atoms with E-state index < -0.39 is 28.5 Å². The van der Waals surface area contributed by atoms with Gasteiger partial charge in [-0.1, -0.05) is 6.07 Å². The number of ether oxygens (including phenoxy) is 1. The fourth-order valence-electron chi connectivity index (χ4n) is 2.33. The predicted molar refractivity (Wildman–Crippen MR) is 102 cm³/mol. The van der Waals surface area contributed by atoms with Crippen molar-refractivity contribution in [3.8, 4) is 0 Å². The van der Waals surface area contributed by atoms with Crippen molar-refractivity contribution in [3.05, 3.63) is 54.0 Å². The fraction of sp³-hybridized carbons (Fsp3) is 0.368. The summed E-state index contributed by atoms with van der Waals surface area (Å²) in [4.78, 5) is 24.1. The molecular weight excluding hydrogens is 384 g/mol. The standard InChI is InChI=1S/C19H24N2O6S/c1-13(2)21(4)28(24,25)16-8-5-7-15(11-16)19(23)27-12-18(22)20-14(3)17-9-6-10-26-17/h5-11,13-14H,12H2,1-4H3,(H,20,22)/t14-/m1/s1. The van der Waals surface area contributed by atoms with Gasteiger partial charge in [0.25, 0.3) is 5.91 Å². The lowest BCUT2D eigenvalue weighted by Crippen LogP contribution is -2.33. The van der Waals surface area contributed by atoms with Gasteiger partial charge in [-0.2, -0.15) is 4.31 Å². The van der Waals surface area contributed by atoms with E-state index in [1.807, 2.05) is 0 Å². The van der Waals surface area contributed by atoms with Gasteiger partial charge in [0.2, 0.25) is 10.0 Å². The predicted octanol–water partition coefficient (Wildman–Crippen LogP) is 2.34. The van der Waals surface area contributed by atoms with Gasteiger partial charge in [0.1, 0.15) is 5.76 Å². The van der Waals surface area contributed by atoms with Gasteiger partial charge in [-0.3, -0.25) is 4.79 Å². The molecule has 28 heavy (non-hydrogen) atoms. The summed E-state index contributed by atoms with van der Waals surface area (Å²) >= 11 is 0. The molecule has 1 aromatic carbocycles. The lowest BCUT2D eigenvalue weighted by molar-refractivity contribution is -0.125. The lowest BCUT2D eigenvalue weighted by atomic mass is 10.2. The number of carbonyl (C=O) groups is 2. The van der Waals surface area contributed by atoms with E-state index in [1.54, 1.807) is 32.9 Å². The summed E-state index contributed by atoms with van der Waals surface area (Å²) < 4.78 is 36.5. The summed E-state index contributed by atoms with van der Waals surface area (Å²) in [7, 11) is -2.26. The molecule has 0 aliphatic heterocycles. The van der Waals surface area contributed by atoms with Crippen LogP contribution in [0.4, 0.5) is 0 Å². The smallest absolute Gasteiger partial charge is 0.338 e. The second-order valence-corrected chi connectivity index (χ2v) is 8.52. The second kappa shape index (κ2) is 9.03. The first-order valence-electron chi connectivity index (χ1n) is 8.71. The SMILES string of the molecule is CC(C)N(C)S(=O)(=O)c1cccc(C(=O)OCC(=O)N[C@H](C)c2ccco2)c1. The van der Waals surface area contributed by atoms with E-state index in [0.29, 0.717) is 5.76 Å². The summed E-state index contributed by atoms with van der Waals surface area (Å²) in [5, 5.41) is 2.64. The average molecular weight is 408 g/mol. The van der Waals surface area contributed by atoms with Crippen molar-refractivity contribution in [2.45, 2.75) is 37.8 Å². The zero-order valence-corrected chi connectivity index (χ0v) is 17.0. The van der Waals surface area contributed by atoms with E-state index in [-0.39, 0.29) is 22.5 Å². The summed E-state index contributed by atoms with van der Waals surface area (Å²) in [6, 6.07) is 8.34. The summed E-state index contributed by atoms with van der Waals surface area (Å²) in [6.45, 7) is 4.74. The van der Waals surface area contributed by atoms with E-state index in [9.17, 15) is 18.0 Å². The molecule has 0 bridgehead atoms.